The highest BCUT2D eigenvalue weighted by atomic mass is 32.2. The van der Waals surface area contributed by atoms with Crippen molar-refractivity contribution < 1.29 is 12.6 Å². The first-order valence-corrected chi connectivity index (χ1v) is 6.95. The lowest BCUT2D eigenvalue weighted by Crippen LogP contribution is -2.53. The predicted molar refractivity (Wildman–Crippen MR) is 57.2 cm³/mol. The molecule has 15 heavy (non-hydrogen) atoms. The van der Waals surface area contributed by atoms with Crippen LogP contribution < -0.4 is 5.14 Å². The van der Waals surface area contributed by atoms with Gasteiger partial charge in [0.25, 0.3) is 0 Å². The lowest BCUT2D eigenvalue weighted by atomic mass is 9.46. The highest BCUT2D eigenvalue weighted by Gasteiger charge is 2.54. The molecule has 0 aromatic rings. The van der Waals surface area contributed by atoms with Crippen molar-refractivity contribution in [3.8, 4) is 0 Å². The summed E-state index contributed by atoms with van der Waals surface area (Å²) in [6, 6.07) is 0. The first-order valence-electron chi connectivity index (χ1n) is 5.48. The van der Waals surface area contributed by atoms with Crippen molar-refractivity contribution in [2.75, 3.05) is 6.61 Å². The van der Waals surface area contributed by atoms with Gasteiger partial charge in [0, 0.05) is 0 Å². The van der Waals surface area contributed by atoms with Gasteiger partial charge in [0.1, 0.15) is 0 Å². The Kier molecular flexibility index (Phi) is 2.60. The van der Waals surface area contributed by atoms with E-state index in [1.807, 2.05) is 0 Å². The van der Waals surface area contributed by atoms with Crippen molar-refractivity contribution in [1.29, 1.82) is 0 Å². The van der Waals surface area contributed by atoms with Gasteiger partial charge < -0.3 is 0 Å². The fourth-order valence-electron chi connectivity index (χ4n) is 3.34. The van der Waals surface area contributed by atoms with E-state index >= 15 is 0 Å². The Morgan fingerprint density at radius 3 is 2.53 bits per heavy atom. The topological polar surface area (TPSA) is 69.4 Å². The molecular formula is C10H19NO3S. The maximum Gasteiger partial charge on any atom is 0.333 e. The van der Waals surface area contributed by atoms with Crippen molar-refractivity contribution in [2.45, 2.75) is 33.1 Å². The van der Waals surface area contributed by atoms with Gasteiger partial charge in [-0.3, -0.25) is 4.18 Å². The van der Waals surface area contributed by atoms with Crippen molar-refractivity contribution >= 4 is 10.3 Å². The summed E-state index contributed by atoms with van der Waals surface area (Å²) in [6.07, 6.45) is 3.50. The molecular weight excluding hydrogens is 214 g/mol. The van der Waals surface area contributed by atoms with Crippen LogP contribution in [0.15, 0.2) is 0 Å². The minimum absolute atomic E-state index is 0.264. The molecule has 3 aliphatic rings. The van der Waals surface area contributed by atoms with Crippen LogP contribution in [0.3, 0.4) is 0 Å². The molecule has 2 N–H and O–H groups in total. The fourth-order valence-corrected chi connectivity index (χ4v) is 3.71. The lowest BCUT2D eigenvalue weighted by Gasteiger charge is -2.60. The Morgan fingerprint density at radius 2 is 2.07 bits per heavy atom. The molecule has 4 nitrogen and oxygen atoms in total. The molecule has 88 valence electrons. The van der Waals surface area contributed by atoms with E-state index < -0.39 is 10.3 Å². The van der Waals surface area contributed by atoms with Gasteiger partial charge in [-0.2, -0.15) is 8.42 Å². The average molecular weight is 233 g/mol. The zero-order valence-electron chi connectivity index (χ0n) is 9.27. The summed E-state index contributed by atoms with van der Waals surface area (Å²) in [5, 5.41) is 4.83. The lowest BCUT2D eigenvalue weighted by molar-refractivity contribution is -0.113. The van der Waals surface area contributed by atoms with E-state index in [0.29, 0.717) is 17.3 Å². The van der Waals surface area contributed by atoms with Crippen LogP contribution in [-0.4, -0.2) is 15.0 Å². The molecule has 0 aromatic heterocycles. The smallest absolute Gasteiger partial charge is 0.258 e. The number of hydrogen-bond acceptors (Lipinski definition) is 3. The summed E-state index contributed by atoms with van der Waals surface area (Å²) in [4.78, 5) is 0. The molecule has 0 heterocycles. The first kappa shape index (κ1) is 11.4. The SMILES string of the molecule is CC1(C)C2C[C@H]1CC[C@@H]2COS(N)(=O)=O. The Labute approximate surface area is 91.4 Å². The van der Waals surface area contributed by atoms with E-state index in [2.05, 4.69) is 13.8 Å². The standard InChI is InChI=1S/C10H19NO3S/c1-10(2)8-4-3-7(9(10)5-8)6-14-15(11,12)13/h7-9H,3-6H2,1-2H3,(H2,11,12,13)/t7-,8-,9?/m1/s1. The molecule has 0 aliphatic heterocycles. The first-order chi connectivity index (χ1) is 6.81. The van der Waals surface area contributed by atoms with E-state index in [9.17, 15) is 8.42 Å². The summed E-state index contributed by atoms with van der Waals surface area (Å²) in [5.41, 5.74) is 0.366. The average Bonchev–Trinajstić information content (AvgIpc) is 2.13. The van der Waals surface area contributed by atoms with Crippen LogP contribution in [0.4, 0.5) is 0 Å². The van der Waals surface area contributed by atoms with E-state index in [1.54, 1.807) is 0 Å². The third-order valence-corrected chi connectivity index (χ3v) is 4.91. The summed E-state index contributed by atoms with van der Waals surface area (Å²) < 4.78 is 26.1. The summed E-state index contributed by atoms with van der Waals surface area (Å²) >= 11 is 0. The molecule has 0 spiro atoms. The molecule has 0 saturated heterocycles. The van der Waals surface area contributed by atoms with Gasteiger partial charge in [-0.05, 0) is 42.4 Å². The number of nitrogens with two attached hydrogens (primary N) is 1. The zero-order chi connectivity index (χ0) is 11.3. The fraction of sp³-hybridized carbons (Fsp3) is 1.00. The van der Waals surface area contributed by atoms with Crippen LogP contribution in [-0.2, 0) is 14.5 Å². The molecule has 1 unspecified atom stereocenters. The van der Waals surface area contributed by atoms with Gasteiger partial charge in [-0.15, -0.1) is 0 Å². The molecule has 3 rings (SSSR count). The van der Waals surface area contributed by atoms with Gasteiger partial charge >= 0.3 is 10.3 Å². The van der Waals surface area contributed by atoms with E-state index in [1.165, 1.54) is 12.8 Å². The van der Waals surface area contributed by atoms with Crippen LogP contribution in [0.2, 0.25) is 0 Å². The molecule has 0 radical (unpaired) electrons. The van der Waals surface area contributed by atoms with Crippen LogP contribution in [0.1, 0.15) is 33.1 Å². The van der Waals surface area contributed by atoms with Gasteiger partial charge in [-0.1, -0.05) is 13.8 Å². The highest BCUT2D eigenvalue weighted by Crippen LogP contribution is 2.61. The second-order valence-electron chi connectivity index (χ2n) is 5.48. The normalized spacial score (nSPS) is 38.5. The zero-order valence-corrected chi connectivity index (χ0v) is 10.1. The van der Waals surface area contributed by atoms with Gasteiger partial charge in [-0.25, -0.2) is 5.14 Å². The largest absolute Gasteiger partial charge is 0.333 e. The number of hydrogen-bond donors (Lipinski definition) is 1. The van der Waals surface area contributed by atoms with Crippen molar-refractivity contribution in [2.24, 2.45) is 28.3 Å². The third kappa shape index (κ3) is 2.05. The molecule has 3 fully saturated rings. The van der Waals surface area contributed by atoms with Crippen molar-refractivity contribution in [1.82, 2.24) is 0 Å². The molecule has 5 heteroatoms. The molecule has 2 bridgehead atoms. The molecule has 3 atom stereocenters. The Hall–Kier alpha value is -0.130. The Morgan fingerprint density at radius 1 is 1.40 bits per heavy atom. The van der Waals surface area contributed by atoms with Crippen LogP contribution in [0.25, 0.3) is 0 Å². The molecule has 3 aliphatic carbocycles. The maximum absolute atomic E-state index is 10.7. The van der Waals surface area contributed by atoms with Gasteiger partial charge in [0.15, 0.2) is 0 Å². The van der Waals surface area contributed by atoms with Crippen LogP contribution >= 0.6 is 0 Å². The highest BCUT2D eigenvalue weighted by molar-refractivity contribution is 7.84. The quantitative estimate of drug-likeness (QED) is 0.798. The van der Waals surface area contributed by atoms with Crippen LogP contribution in [0, 0.1) is 23.2 Å². The van der Waals surface area contributed by atoms with Crippen molar-refractivity contribution in [3.63, 3.8) is 0 Å². The van der Waals surface area contributed by atoms with E-state index in [4.69, 9.17) is 9.32 Å². The summed E-state index contributed by atoms with van der Waals surface area (Å²) in [5.74, 6) is 1.80. The van der Waals surface area contributed by atoms with Crippen LogP contribution in [0.5, 0.6) is 0 Å². The van der Waals surface area contributed by atoms with E-state index in [0.717, 1.165) is 12.3 Å². The Bertz CT molecular complexity index is 348. The Balaban J connectivity index is 1.94. The number of rotatable bonds is 3. The van der Waals surface area contributed by atoms with Gasteiger partial charge in [0.05, 0.1) is 6.61 Å². The third-order valence-electron chi connectivity index (χ3n) is 4.45. The second kappa shape index (κ2) is 3.43. The molecule has 3 saturated carbocycles. The van der Waals surface area contributed by atoms with Crippen molar-refractivity contribution in [3.05, 3.63) is 0 Å². The predicted octanol–water partition coefficient (Wildman–Crippen LogP) is 1.28. The summed E-state index contributed by atoms with van der Waals surface area (Å²) in [6.45, 7) is 4.81. The molecule has 0 amide bonds. The monoisotopic (exact) mass is 233 g/mol. The van der Waals surface area contributed by atoms with Gasteiger partial charge in [0.2, 0.25) is 0 Å². The minimum atomic E-state index is -3.77. The number of fused-ring (bicyclic) bond motifs is 2. The molecule has 0 aromatic carbocycles. The minimum Gasteiger partial charge on any atom is -0.258 e. The summed E-state index contributed by atoms with van der Waals surface area (Å²) in [7, 11) is -3.77. The van der Waals surface area contributed by atoms with E-state index in [-0.39, 0.29) is 6.61 Å². The maximum atomic E-state index is 10.7. The second-order valence-corrected chi connectivity index (χ2v) is 6.70.